The van der Waals surface area contributed by atoms with Crippen LogP contribution in [0, 0.1) is 5.92 Å². The molecule has 1 atom stereocenters. The molecule has 0 radical (unpaired) electrons. The molecule has 1 fully saturated rings. The van der Waals surface area contributed by atoms with E-state index in [1.165, 1.54) is 4.31 Å². The van der Waals surface area contributed by atoms with E-state index in [1.54, 1.807) is 24.3 Å². The zero-order valence-electron chi connectivity index (χ0n) is 17.5. The van der Waals surface area contributed by atoms with Gasteiger partial charge in [-0.05, 0) is 54.8 Å². The Labute approximate surface area is 182 Å². The molecule has 0 unspecified atom stereocenters. The zero-order chi connectivity index (χ0) is 21.8. The lowest BCUT2D eigenvalue weighted by Crippen LogP contribution is -2.43. The molecule has 1 saturated heterocycles. The summed E-state index contributed by atoms with van der Waals surface area (Å²) in [5.41, 5.74) is 0.601. The Bertz CT molecular complexity index is 1190. The fourth-order valence-electron chi connectivity index (χ4n) is 3.94. The minimum absolute atomic E-state index is 0.164. The van der Waals surface area contributed by atoms with Crippen molar-refractivity contribution in [3.05, 3.63) is 66.7 Å². The SMILES string of the molecule is CCOc1ccccc1NC(=O)[C@H]1CCCN(S(=O)(=O)c2ccc3ccccc3c2)C1. The second-order valence-electron chi connectivity index (χ2n) is 7.63. The Morgan fingerprint density at radius 1 is 1.06 bits per heavy atom. The highest BCUT2D eigenvalue weighted by Crippen LogP contribution is 2.29. The molecule has 1 aliphatic heterocycles. The Balaban J connectivity index is 1.51. The van der Waals surface area contributed by atoms with Gasteiger partial charge >= 0.3 is 0 Å². The summed E-state index contributed by atoms with van der Waals surface area (Å²) in [4.78, 5) is 13.2. The van der Waals surface area contributed by atoms with Crippen LogP contribution in [0.1, 0.15) is 19.8 Å². The quantitative estimate of drug-likeness (QED) is 0.623. The highest BCUT2D eigenvalue weighted by molar-refractivity contribution is 7.89. The van der Waals surface area contributed by atoms with Gasteiger partial charge in [-0.2, -0.15) is 4.31 Å². The van der Waals surface area contributed by atoms with Gasteiger partial charge in [-0.1, -0.05) is 42.5 Å². The number of ether oxygens (including phenoxy) is 1. The number of piperidine rings is 1. The minimum Gasteiger partial charge on any atom is -0.492 e. The summed E-state index contributed by atoms with van der Waals surface area (Å²) in [6, 6.07) is 20.1. The summed E-state index contributed by atoms with van der Waals surface area (Å²) in [6.45, 7) is 2.95. The van der Waals surface area contributed by atoms with Crippen molar-refractivity contribution < 1.29 is 17.9 Å². The van der Waals surface area contributed by atoms with Crippen molar-refractivity contribution in [3.8, 4) is 5.75 Å². The van der Waals surface area contributed by atoms with Crippen molar-refractivity contribution in [3.63, 3.8) is 0 Å². The van der Waals surface area contributed by atoms with E-state index in [9.17, 15) is 13.2 Å². The number of carbonyl (C=O) groups excluding carboxylic acids is 1. The number of fused-ring (bicyclic) bond motifs is 1. The fraction of sp³-hybridized carbons (Fsp3) is 0.292. The molecule has 3 aromatic rings. The Morgan fingerprint density at radius 3 is 2.61 bits per heavy atom. The summed E-state index contributed by atoms with van der Waals surface area (Å²) in [5, 5.41) is 4.78. The van der Waals surface area contributed by atoms with Crippen LogP contribution in [0.2, 0.25) is 0 Å². The molecule has 1 N–H and O–H groups in total. The van der Waals surface area contributed by atoms with Crippen LogP contribution >= 0.6 is 0 Å². The molecule has 0 aromatic heterocycles. The van der Waals surface area contributed by atoms with Crippen LogP contribution in [0.25, 0.3) is 10.8 Å². The molecule has 1 aliphatic rings. The molecule has 0 bridgehead atoms. The van der Waals surface area contributed by atoms with E-state index in [0.717, 1.165) is 10.8 Å². The highest BCUT2D eigenvalue weighted by atomic mass is 32.2. The maximum absolute atomic E-state index is 13.3. The molecule has 31 heavy (non-hydrogen) atoms. The van der Waals surface area contributed by atoms with Crippen LogP contribution in [0.4, 0.5) is 5.69 Å². The van der Waals surface area contributed by atoms with E-state index in [4.69, 9.17) is 4.74 Å². The Hall–Kier alpha value is -2.90. The summed E-state index contributed by atoms with van der Waals surface area (Å²) in [6.07, 6.45) is 1.28. The number of rotatable bonds is 6. The van der Waals surface area contributed by atoms with E-state index in [-0.39, 0.29) is 17.3 Å². The Kier molecular flexibility index (Phi) is 6.25. The average Bonchev–Trinajstić information content (AvgIpc) is 2.80. The molecule has 6 nitrogen and oxygen atoms in total. The van der Waals surface area contributed by atoms with Crippen LogP contribution in [-0.2, 0) is 14.8 Å². The molecule has 3 aromatic carbocycles. The van der Waals surface area contributed by atoms with Crippen molar-refractivity contribution in [2.75, 3.05) is 25.0 Å². The van der Waals surface area contributed by atoms with Gasteiger partial charge in [0.1, 0.15) is 5.75 Å². The van der Waals surface area contributed by atoms with Gasteiger partial charge in [0.25, 0.3) is 0 Å². The van der Waals surface area contributed by atoms with E-state index in [2.05, 4.69) is 5.32 Å². The number of carbonyl (C=O) groups is 1. The molecular formula is C24H26N2O4S. The number of anilines is 1. The van der Waals surface area contributed by atoms with Gasteiger partial charge in [-0.25, -0.2) is 8.42 Å². The lowest BCUT2D eigenvalue weighted by atomic mass is 9.98. The van der Waals surface area contributed by atoms with Gasteiger partial charge in [-0.15, -0.1) is 0 Å². The predicted molar refractivity (Wildman–Crippen MR) is 122 cm³/mol. The first kappa shape index (κ1) is 21.3. The number of benzene rings is 3. The van der Waals surface area contributed by atoms with Gasteiger partial charge < -0.3 is 10.1 Å². The summed E-state index contributed by atoms with van der Waals surface area (Å²) in [7, 11) is -3.68. The number of hydrogen-bond donors (Lipinski definition) is 1. The first-order valence-corrected chi connectivity index (χ1v) is 11.9. The van der Waals surface area contributed by atoms with Crippen molar-refractivity contribution in [2.45, 2.75) is 24.7 Å². The molecule has 4 rings (SSSR count). The molecule has 0 spiro atoms. The van der Waals surface area contributed by atoms with Crippen LogP contribution in [0.15, 0.2) is 71.6 Å². The maximum atomic E-state index is 13.3. The van der Waals surface area contributed by atoms with E-state index in [0.29, 0.717) is 37.4 Å². The summed E-state index contributed by atoms with van der Waals surface area (Å²) in [5.74, 6) is -0.000899. The first-order chi connectivity index (χ1) is 15.0. The lowest BCUT2D eigenvalue weighted by molar-refractivity contribution is -0.120. The van der Waals surface area contributed by atoms with Gasteiger partial charge in [-0.3, -0.25) is 4.79 Å². The Morgan fingerprint density at radius 2 is 1.81 bits per heavy atom. The van der Waals surface area contributed by atoms with Gasteiger partial charge in [0.15, 0.2) is 0 Å². The molecule has 7 heteroatoms. The molecular weight excluding hydrogens is 412 g/mol. The third-order valence-corrected chi connectivity index (χ3v) is 7.42. The van der Waals surface area contributed by atoms with Crippen LogP contribution in [-0.4, -0.2) is 38.3 Å². The maximum Gasteiger partial charge on any atom is 0.243 e. The van der Waals surface area contributed by atoms with Crippen molar-refractivity contribution >= 4 is 32.4 Å². The summed E-state index contributed by atoms with van der Waals surface area (Å²) >= 11 is 0. The molecule has 0 saturated carbocycles. The van der Waals surface area contributed by atoms with Crippen molar-refractivity contribution in [2.24, 2.45) is 5.92 Å². The van der Waals surface area contributed by atoms with E-state index < -0.39 is 15.9 Å². The number of nitrogens with zero attached hydrogens (tertiary/aromatic N) is 1. The monoisotopic (exact) mass is 438 g/mol. The number of hydrogen-bond acceptors (Lipinski definition) is 4. The standard InChI is InChI=1S/C24H26N2O4S/c1-2-30-23-12-6-5-11-22(23)25-24(27)20-10-7-15-26(17-20)31(28,29)21-14-13-18-8-3-4-9-19(18)16-21/h3-6,8-9,11-14,16,20H,2,7,10,15,17H2,1H3,(H,25,27)/t20-/m0/s1. The van der Waals surface area contributed by atoms with Crippen molar-refractivity contribution in [1.29, 1.82) is 0 Å². The number of amides is 1. The fourth-order valence-corrected chi connectivity index (χ4v) is 5.50. The number of nitrogens with one attached hydrogen (secondary N) is 1. The van der Waals surface area contributed by atoms with Crippen LogP contribution < -0.4 is 10.1 Å². The molecule has 0 aliphatic carbocycles. The smallest absolute Gasteiger partial charge is 0.243 e. The largest absolute Gasteiger partial charge is 0.492 e. The second-order valence-corrected chi connectivity index (χ2v) is 9.57. The third-order valence-electron chi connectivity index (χ3n) is 5.56. The average molecular weight is 439 g/mol. The zero-order valence-corrected chi connectivity index (χ0v) is 18.3. The highest BCUT2D eigenvalue weighted by Gasteiger charge is 2.33. The number of para-hydroxylation sites is 2. The molecule has 162 valence electrons. The topological polar surface area (TPSA) is 75.7 Å². The van der Waals surface area contributed by atoms with E-state index in [1.807, 2.05) is 49.4 Å². The van der Waals surface area contributed by atoms with E-state index >= 15 is 0 Å². The third kappa shape index (κ3) is 4.57. The molecule has 1 amide bonds. The van der Waals surface area contributed by atoms with Gasteiger partial charge in [0.2, 0.25) is 15.9 Å². The second kappa shape index (κ2) is 9.08. The lowest BCUT2D eigenvalue weighted by Gasteiger charge is -2.31. The normalized spacial score (nSPS) is 17.4. The first-order valence-electron chi connectivity index (χ1n) is 10.5. The van der Waals surface area contributed by atoms with Crippen molar-refractivity contribution in [1.82, 2.24) is 4.31 Å². The number of sulfonamides is 1. The minimum atomic E-state index is -3.68. The van der Waals surface area contributed by atoms with Crippen LogP contribution in [0.3, 0.4) is 0 Å². The summed E-state index contributed by atoms with van der Waals surface area (Å²) < 4.78 is 33.5. The predicted octanol–water partition coefficient (Wildman–Crippen LogP) is 4.28. The van der Waals surface area contributed by atoms with Crippen LogP contribution in [0.5, 0.6) is 5.75 Å². The van der Waals surface area contributed by atoms with Gasteiger partial charge in [0, 0.05) is 13.1 Å². The van der Waals surface area contributed by atoms with Gasteiger partial charge in [0.05, 0.1) is 23.1 Å². The molecule has 1 heterocycles.